The van der Waals surface area contributed by atoms with Gasteiger partial charge in [0.15, 0.2) is 5.65 Å². The number of rotatable bonds is 5. The number of hydrogen-bond donors (Lipinski definition) is 0. The lowest BCUT2D eigenvalue weighted by atomic mass is 10.1. The first kappa shape index (κ1) is 18.0. The van der Waals surface area contributed by atoms with Crippen LogP contribution in [0.4, 0.5) is 0 Å². The summed E-state index contributed by atoms with van der Waals surface area (Å²) in [6.07, 6.45) is 4.52. The molecule has 1 atom stereocenters. The predicted octanol–water partition coefficient (Wildman–Crippen LogP) is 3.69. The zero-order valence-electron chi connectivity index (χ0n) is 16.0. The van der Waals surface area contributed by atoms with E-state index in [2.05, 4.69) is 28.9 Å². The molecule has 6 nitrogen and oxygen atoms in total. The van der Waals surface area contributed by atoms with Gasteiger partial charge in [-0.05, 0) is 44.9 Å². The van der Waals surface area contributed by atoms with Crippen molar-refractivity contribution < 1.29 is 4.79 Å². The number of carbonyl (C=O) groups excluding carboxylic acids is 1. The Balaban J connectivity index is 1.94. The van der Waals surface area contributed by atoms with E-state index in [1.807, 2.05) is 42.9 Å². The molecule has 0 bridgehead atoms. The maximum atomic E-state index is 13.1. The molecule has 3 rings (SSSR count). The molecule has 0 aliphatic rings. The number of carbonyl (C=O) groups is 1. The summed E-state index contributed by atoms with van der Waals surface area (Å²) in [5.74, 6) is -0.0495. The Hall–Kier alpha value is -2.76. The largest absolute Gasteiger partial charge is 0.336 e. The zero-order chi connectivity index (χ0) is 18.8. The van der Waals surface area contributed by atoms with E-state index in [0.717, 1.165) is 34.4 Å². The van der Waals surface area contributed by atoms with Crippen LogP contribution in [0.2, 0.25) is 0 Å². The van der Waals surface area contributed by atoms with Crippen molar-refractivity contribution in [1.82, 2.24) is 24.6 Å². The fourth-order valence-electron chi connectivity index (χ4n) is 2.93. The molecule has 0 aliphatic carbocycles. The Morgan fingerprint density at radius 2 is 2.04 bits per heavy atom. The lowest BCUT2D eigenvalue weighted by Crippen LogP contribution is -2.27. The van der Waals surface area contributed by atoms with Gasteiger partial charge in [0.1, 0.15) is 0 Å². The molecular formula is C20H25N5O. The highest BCUT2D eigenvalue weighted by Gasteiger charge is 2.20. The summed E-state index contributed by atoms with van der Waals surface area (Å²) >= 11 is 0. The topological polar surface area (TPSA) is 63.9 Å². The normalized spacial score (nSPS) is 12.3. The number of nitrogens with zero attached hydrogens (tertiary/aromatic N) is 5. The van der Waals surface area contributed by atoms with Crippen LogP contribution in [0, 0.1) is 13.8 Å². The van der Waals surface area contributed by atoms with Crippen LogP contribution in [0.25, 0.3) is 11.0 Å². The highest BCUT2D eigenvalue weighted by Crippen LogP contribution is 2.23. The quantitative estimate of drug-likeness (QED) is 0.703. The van der Waals surface area contributed by atoms with Crippen LogP contribution in [-0.4, -0.2) is 37.6 Å². The molecule has 0 saturated heterocycles. The smallest absolute Gasteiger partial charge is 0.254 e. The van der Waals surface area contributed by atoms with Crippen LogP contribution in [0.5, 0.6) is 0 Å². The molecule has 0 N–H and O–H groups in total. The van der Waals surface area contributed by atoms with Gasteiger partial charge in [0.05, 0.1) is 35.4 Å². The SMILES string of the molecule is CCC(C)n1ncc2c(C(=O)N(C)Cc3ccc(C)cn3)cc(C)nc21. The minimum Gasteiger partial charge on any atom is -0.336 e. The summed E-state index contributed by atoms with van der Waals surface area (Å²) in [4.78, 5) is 23.8. The Kier molecular flexibility index (Phi) is 5.02. The van der Waals surface area contributed by atoms with Crippen molar-refractivity contribution >= 4 is 16.9 Å². The first-order valence-electron chi connectivity index (χ1n) is 8.92. The van der Waals surface area contributed by atoms with Crippen LogP contribution in [0.3, 0.4) is 0 Å². The maximum absolute atomic E-state index is 13.1. The van der Waals surface area contributed by atoms with E-state index in [1.165, 1.54) is 0 Å². The third-order valence-electron chi connectivity index (χ3n) is 4.65. The van der Waals surface area contributed by atoms with E-state index < -0.39 is 0 Å². The summed E-state index contributed by atoms with van der Waals surface area (Å²) < 4.78 is 1.90. The molecule has 3 aromatic rings. The van der Waals surface area contributed by atoms with Gasteiger partial charge in [-0.2, -0.15) is 5.10 Å². The van der Waals surface area contributed by atoms with Crippen LogP contribution in [0.15, 0.2) is 30.6 Å². The van der Waals surface area contributed by atoms with Crippen LogP contribution < -0.4 is 0 Å². The second-order valence-electron chi connectivity index (χ2n) is 6.88. The lowest BCUT2D eigenvalue weighted by Gasteiger charge is -2.18. The van der Waals surface area contributed by atoms with Gasteiger partial charge in [0.2, 0.25) is 0 Å². The van der Waals surface area contributed by atoms with E-state index >= 15 is 0 Å². The highest BCUT2D eigenvalue weighted by molar-refractivity contribution is 6.05. The number of aryl methyl sites for hydroxylation is 2. The first-order valence-corrected chi connectivity index (χ1v) is 8.92. The van der Waals surface area contributed by atoms with Gasteiger partial charge in [-0.25, -0.2) is 9.67 Å². The molecule has 0 spiro atoms. The number of amides is 1. The number of hydrogen-bond acceptors (Lipinski definition) is 4. The molecular weight excluding hydrogens is 326 g/mol. The third-order valence-corrected chi connectivity index (χ3v) is 4.65. The van der Waals surface area contributed by atoms with Crippen LogP contribution in [-0.2, 0) is 6.54 Å². The molecule has 0 saturated carbocycles. The molecule has 26 heavy (non-hydrogen) atoms. The number of aromatic nitrogens is 4. The maximum Gasteiger partial charge on any atom is 0.254 e. The monoisotopic (exact) mass is 351 g/mol. The van der Waals surface area contributed by atoms with E-state index in [9.17, 15) is 4.79 Å². The van der Waals surface area contributed by atoms with E-state index in [4.69, 9.17) is 0 Å². The average Bonchev–Trinajstić information content (AvgIpc) is 3.05. The Labute approximate surface area is 153 Å². The van der Waals surface area contributed by atoms with Crippen molar-refractivity contribution in [3.8, 4) is 0 Å². The Bertz CT molecular complexity index is 929. The third kappa shape index (κ3) is 3.45. The summed E-state index contributed by atoms with van der Waals surface area (Å²) in [7, 11) is 1.80. The number of fused-ring (bicyclic) bond motifs is 1. The summed E-state index contributed by atoms with van der Waals surface area (Å²) in [6, 6.07) is 6.03. The van der Waals surface area contributed by atoms with Gasteiger partial charge in [-0.15, -0.1) is 0 Å². The van der Waals surface area contributed by atoms with Gasteiger partial charge in [0.25, 0.3) is 5.91 Å². The van der Waals surface area contributed by atoms with Crippen LogP contribution in [0.1, 0.15) is 53.6 Å². The predicted molar refractivity (Wildman–Crippen MR) is 102 cm³/mol. The molecule has 6 heteroatoms. The van der Waals surface area contributed by atoms with Crippen LogP contribution >= 0.6 is 0 Å². The minimum absolute atomic E-state index is 0.0495. The summed E-state index contributed by atoms with van der Waals surface area (Å²) in [5, 5.41) is 5.27. The van der Waals surface area contributed by atoms with Gasteiger partial charge < -0.3 is 4.90 Å². The van der Waals surface area contributed by atoms with E-state index in [1.54, 1.807) is 18.1 Å². The second-order valence-corrected chi connectivity index (χ2v) is 6.88. The van der Waals surface area contributed by atoms with E-state index in [0.29, 0.717) is 12.1 Å². The van der Waals surface area contributed by atoms with Crippen molar-refractivity contribution in [2.45, 2.75) is 46.7 Å². The van der Waals surface area contributed by atoms with Gasteiger partial charge in [0, 0.05) is 18.9 Å². The van der Waals surface area contributed by atoms with Crippen molar-refractivity contribution in [2.24, 2.45) is 0 Å². The summed E-state index contributed by atoms with van der Waals surface area (Å²) in [5.41, 5.74) is 4.18. The van der Waals surface area contributed by atoms with Crippen molar-refractivity contribution in [3.63, 3.8) is 0 Å². The second kappa shape index (κ2) is 7.23. The first-order chi connectivity index (χ1) is 12.4. The molecule has 0 aliphatic heterocycles. The molecule has 3 heterocycles. The van der Waals surface area contributed by atoms with Gasteiger partial charge in [-0.3, -0.25) is 9.78 Å². The summed E-state index contributed by atoms with van der Waals surface area (Å²) in [6.45, 7) is 8.58. The molecule has 0 fully saturated rings. The molecule has 136 valence electrons. The van der Waals surface area contributed by atoms with E-state index in [-0.39, 0.29) is 11.9 Å². The Morgan fingerprint density at radius 3 is 2.69 bits per heavy atom. The molecule has 1 amide bonds. The van der Waals surface area contributed by atoms with Crippen molar-refractivity contribution in [3.05, 3.63) is 53.1 Å². The van der Waals surface area contributed by atoms with Gasteiger partial charge in [-0.1, -0.05) is 13.0 Å². The molecule has 0 radical (unpaired) electrons. The van der Waals surface area contributed by atoms with Crippen molar-refractivity contribution in [2.75, 3.05) is 7.05 Å². The zero-order valence-corrected chi connectivity index (χ0v) is 16.0. The number of pyridine rings is 2. The Morgan fingerprint density at radius 1 is 1.27 bits per heavy atom. The lowest BCUT2D eigenvalue weighted by molar-refractivity contribution is 0.0785. The highest BCUT2D eigenvalue weighted by atomic mass is 16.2. The fraction of sp³-hybridized carbons (Fsp3) is 0.400. The fourth-order valence-corrected chi connectivity index (χ4v) is 2.93. The molecule has 0 aromatic carbocycles. The van der Waals surface area contributed by atoms with Gasteiger partial charge >= 0.3 is 0 Å². The van der Waals surface area contributed by atoms with Crippen molar-refractivity contribution in [1.29, 1.82) is 0 Å². The minimum atomic E-state index is -0.0495. The average molecular weight is 351 g/mol. The molecule has 1 unspecified atom stereocenters. The standard InChI is InChI=1S/C20H25N5O/c1-6-15(4)25-19-18(11-22-25)17(9-14(3)23-19)20(26)24(5)12-16-8-7-13(2)10-21-16/h7-11,15H,6,12H2,1-5H3. The molecule has 3 aromatic heterocycles.